The summed E-state index contributed by atoms with van der Waals surface area (Å²) in [6, 6.07) is 8.21. The van der Waals surface area contributed by atoms with Crippen LogP contribution in [0.3, 0.4) is 0 Å². The lowest BCUT2D eigenvalue weighted by atomic mass is 9.89. The highest BCUT2D eigenvalue weighted by Crippen LogP contribution is 2.32. The third-order valence-electron chi connectivity index (χ3n) is 3.70. The van der Waals surface area contributed by atoms with E-state index in [4.69, 9.17) is 10.00 Å². The van der Waals surface area contributed by atoms with Crippen LogP contribution in [0.25, 0.3) is 0 Å². The second-order valence-electron chi connectivity index (χ2n) is 5.86. The molecule has 1 aliphatic rings. The molecular weight excluding hydrogens is 238 g/mol. The van der Waals surface area contributed by atoms with Crippen molar-refractivity contribution in [3.63, 3.8) is 0 Å². The molecule has 0 fully saturated rings. The number of aryl methyl sites for hydroxylation is 1. The second kappa shape index (κ2) is 5.63. The Labute approximate surface area is 114 Å². The molecular formula is C16H21NO2. The Morgan fingerprint density at radius 2 is 2.26 bits per heavy atom. The molecule has 1 aromatic carbocycles. The molecule has 0 aliphatic heterocycles. The number of benzene rings is 1. The molecule has 0 radical (unpaired) electrons. The van der Waals surface area contributed by atoms with E-state index in [-0.39, 0.29) is 11.5 Å². The van der Waals surface area contributed by atoms with E-state index in [9.17, 15) is 5.11 Å². The van der Waals surface area contributed by atoms with Gasteiger partial charge in [0.25, 0.3) is 0 Å². The van der Waals surface area contributed by atoms with Crippen LogP contribution >= 0.6 is 0 Å². The van der Waals surface area contributed by atoms with E-state index in [0.29, 0.717) is 13.0 Å². The average Bonchev–Trinajstić information content (AvgIpc) is 2.39. The van der Waals surface area contributed by atoms with E-state index in [1.54, 1.807) is 0 Å². The predicted octanol–water partition coefficient (Wildman–Crippen LogP) is 3.37. The van der Waals surface area contributed by atoms with E-state index < -0.39 is 0 Å². The van der Waals surface area contributed by atoms with Crippen molar-refractivity contribution in [1.82, 2.24) is 0 Å². The van der Waals surface area contributed by atoms with Gasteiger partial charge in [0.05, 0.1) is 24.2 Å². The fourth-order valence-electron chi connectivity index (χ4n) is 2.32. The smallest absolute Gasteiger partial charge is 0.119 e. The second-order valence-corrected chi connectivity index (χ2v) is 5.86. The minimum absolute atomic E-state index is 0.353. The Morgan fingerprint density at radius 3 is 3.00 bits per heavy atom. The zero-order valence-corrected chi connectivity index (χ0v) is 11.6. The van der Waals surface area contributed by atoms with E-state index >= 15 is 0 Å². The molecule has 0 bridgehead atoms. The summed E-state index contributed by atoms with van der Waals surface area (Å²) in [5, 5.41) is 18.9. The van der Waals surface area contributed by atoms with Crippen LogP contribution in [-0.4, -0.2) is 11.7 Å². The average molecular weight is 259 g/mol. The molecule has 102 valence electrons. The summed E-state index contributed by atoms with van der Waals surface area (Å²) in [6.45, 7) is 4.34. The number of nitriles is 1. The number of hydrogen-bond donors (Lipinski definition) is 1. The van der Waals surface area contributed by atoms with E-state index in [0.717, 1.165) is 30.6 Å². The third kappa shape index (κ3) is 3.48. The molecule has 2 rings (SSSR count). The predicted molar refractivity (Wildman–Crippen MR) is 73.8 cm³/mol. The Hall–Kier alpha value is -1.53. The summed E-state index contributed by atoms with van der Waals surface area (Å²) < 4.78 is 5.70. The lowest BCUT2D eigenvalue weighted by molar-refractivity contribution is 0.156. The van der Waals surface area contributed by atoms with Gasteiger partial charge in [-0.3, -0.25) is 0 Å². The van der Waals surface area contributed by atoms with Gasteiger partial charge in [0, 0.05) is 0 Å². The molecule has 0 heterocycles. The molecule has 0 saturated carbocycles. The maximum absolute atomic E-state index is 9.98. The van der Waals surface area contributed by atoms with E-state index in [1.807, 2.05) is 32.0 Å². The molecule has 0 unspecified atom stereocenters. The van der Waals surface area contributed by atoms with Crippen molar-refractivity contribution in [3.8, 4) is 11.8 Å². The van der Waals surface area contributed by atoms with Crippen molar-refractivity contribution in [2.24, 2.45) is 5.41 Å². The van der Waals surface area contributed by atoms with Crippen molar-refractivity contribution in [1.29, 1.82) is 5.26 Å². The SMILES string of the molecule is CC(C)(C#N)CCOc1ccc2c(c1)[C@H](O)CCC2. The van der Waals surface area contributed by atoms with Gasteiger partial charge in [-0.25, -0.2) is 0 Å². The highest BCUT2D eigenvalue weighted by molar-refractivity contribution is 5.38. The number of rotatable bonds is 4. The highest BCUT2D eigenvalue weighted by Gasteiger charge is 2.19. The minimum atomic E-state index is -0.358. The van der Waals surface area contributed by atoms with Crippen LogP contribution in [-0.2, 0) is 6.42 Å². The standard InChI is InChI=1S/C16H21NO2/c1-16(2,11-17)8-9-19-13-7-6-12-4-3-5-15(18)14(12)10-13/h6-7,10,15,18H,3-5,8-9H2,1-2H3/t15-/m1/s1. The summed E-state index contributed by atoms with van der Waals surface area (Å²) in [5.41, 5.74) is 1.88. The third-order valence-corrected chi connectivity index (χ3v) is 3.70. The summed E-state index contributed by atoms with van der Waals surface area (Å²) in [7, 11) is 0. The molecule has 0 spiro atoms. The Kier molecular flexibility index (Phi) is 4.11. The van der Waals surface area contributed by atoms with Crippen LogP contribution in [0.15, 0.2) is 18.2 Å². The topological polar surface area (TPSA) is 53.2 Å². The van der Waals surface area contributed by atoms with Crippen LogP contribution in [0, 0.1) is 16.7 Å². The number of hydrogen-bond acceptors (Lipinski definition) is 3. The fourth-order valence-corrected chi connectivity index (χ4v) is 2.32. The Bertz CT molecular complexity index is 488. The van der Waals surface area contributed by atoms with Gasteiger partial charge in [-0.1, -0.05) is 6.07 Å². The molecule has 19 heavy (non-hydrogen) atoms. The van der Waals surface area contributed by atoms with Gasteiger partial charge < -0.3 is 9.84 Å². The molecule has 3 nitrogen and oxygen atoms in total. The lowest BCUT2D eigenvalue weighted by Crippen LogP contribution is -2.14. The molecule has 1 atom stereocenters. The Balaban J connectivity index is 1.99. The first kappa shape index (κ1) is 13.9. The summed E-state index contributed by atoms with van der Waals surface area (Å²) >= 11 is 0. The van der Waals surface area contributed by atoms with Crippen molar-refractivity contribution < 1.29 is 9.84 Å². The van der Waals surface area contributed by atoms with Crippen LogP contribution < -0.4 is 4.74 Å². The van der Waals surface area contributed by atoms with Gasteiger partial charge >= 0.3 is 0 Å². The number of aliphatic hydroxyl groups is 1. The molecule has 1 N–H and O–H groups in total. The number of fused-ring (bicyclic) bond motifs is 1. The zero-order chi connectivity index (χ0) is 13.9. The maximum atomic E-state index is 9.98. The highest BCUT2D eigenvalue weighted by atomic mass is 16.5. The van der Waals surface area contributed by atoms with Gasteiger partial charge in [-0.05, 0) is 62.8 Å². The maximum Gasteiger partial charge on any atom is 0.119 e. The Morgan fingerprint density at radius 1 is 1.47 bits per heavy atom. The van der Waals surface area contributed by atoms with Crippen molar-refractivity contribution in [2.45, 2.75) is 45.6 Å². The van der Waals surface area contributed by atoms with Crippen molar-refractivity contribution >= 4 is 0 Å². The van der Waals surface area contributed by atoms with Gasteiger partial charge in [0.2, 0.25) is 0 Å². The van der Waals surface area contributed by atoms with Crippen molar-refractivity contribution in [3.05, 3.63) is 29.3 Å². The number of aliphatic hydroxyl groups excluding tert-OH is 1. The summed E-state index contributed by atoms with van der Waals surface area (Å²) in [5.74, 6) is 0.786. The fraction of sp³-hybridized carbons (Fsp3) is 0.562. The molecule has 1 aromatic rings. The summed E-state index contributed by atoms with van der Waals surface area (Å²) in [6.07, 6.45) is 3.25. The van der Waals surface area contributed by atoms with Crippen LogP contribution in [0.4, 0.5) is 0 Å². The van der Waals surface area contributed by atoms with Gasteiger partial charge in [0.1, 0.15) is 5.75 Å². The first-order valence-corrected chi connectivity index (χ1v) is 6.87. The minimum Gasteiger partial charge on any atom is -0.494 e. The lowest BCUT2D eigenvalue weighted by Gasteiger charge is -2.22. The number of nitrogens with zero attached hydrogens (tertiary/aromatic N) is 1. The molecule has 3 heteroatoms. The van der Waals surface area contributed by atoms with E-state index in [2.05, 4.69) is 6.07 Å². The van der Waals surface area contributed by atoms with E-state index in [1.165, 1.54) is 5.56 Å². The van der Waals surface area contributed by atoms with Crippen LogP contribution in [0.2, 0.25) is 0 Å². The quantitative estimate of drug-likeness (QED) is 0.901. The van der Waals surface area contributed by atoms with Crippen LogP contribution in [0.5, 0.6) is 5.75 Å². The summed E-state index contributed by atoms with van der Waals surface area (Å²) in [4.78, 5) is 0. The van der Waals surface area contributed by atoms with Gasteiger partial charge in [-0.2, -0.15) is 5.26 Å². The normalized spacial score (nSPS) is 18.5. The zero-order valence-electron chi connectivity index (χ0n) is 11.6. The van der Waals surface area contributed by atoms with Crippen molar-refractivity contribution in [2.75, 3.05) is 6.61 Å². The number of ether oxygens (including phenoxy) is 1. The van der Waals surface area contributed by atoms with Gasteiger partial charge in [0.15, 0.2) is 0 Å². The van der Waals surface area contributed by atoms with Gasteiger partial charge in [-0.15, -0.1) is 0 Å². The monoisotopic (exact) mass is 259 g/mol. The first-order valence-electron chi connectivity index (χ1n) is 6.87. The van der Waals surface area contributed by atoms with Crippen LogP contribution in [0.1, 0.15) is 50.3 Å². The molecule has 0 aromatic heterocycles. The molecule has 0 amide bonds. The first-order chi connectivity index (χ1) is 9.02. The largest absolute Gasteiger partial charge is 0.494 e. The molecule has 1 aliphatic carbocycles. The molecule has 0 saturated heterocycles.